The zero-order chi connectivity index (χ0) is 17.6. The molecule has 3 aromatic rings. The lowest BCUT2D eigenvalue weighted by Crippen LogP contribution is -2.22. The maximum atomic E-state index is 13.0. The van der Waals surface area contributed by atoms with Crippen LogP contribution >= 0.6 is 15.9 Å². The fourth-order valence-electron chi connectivity index (χ4n) is 3.17. The lowest BCUT2D eigenvalue weighted by Gasteiger charge is -2.21. The number of hydrogen-bond acceptors (Lipinski definition) is 3. The second-order valence-electron chi connectivity index (χ2n) is 5.99. The summed E-state index contributed by atoms with van der Waals surface area (Å²) in [5.74, 6) is -0.240. The first kappa shape index (κ1) is 15.8. The van der Waals surface area contributed by atoms with E-state index in [-0.39, 0.29) is 11.6 Å². The molecular formula is C21H14BrNO2. The molecule has 25 heavy (non-hydrogen) atoms. The predicted molar refractivity (Wildman–Crippen MR) is 102 cm³/mol. The van der Waals surface area contributed by atoms with Crippen molar-refractivity contribution >= 4 is 38.9 Å². The largest absolute Gasteiger partial charge is 0.354 e. The van der Waals surface area contributed by atoms with Gasteiger partial charge in [0.25, 0.3) is 0 Å². The molecule has 3 aromatic carbocycles. The zero-order valence-electron chi connectivity index (χ0n) is 13.5. The number of carbonyl (C=O) groups excluding carboxylic acids is 2. The van der Waals surface area contributed by atoms with Crippen molar-refractivity contribution in [3.05, 3.63) is 93.0 Å². The lowest BCUT2D eigenvalue weighted by molar-refractivity contribution is 0.0979. The zero-order valence-corrected chi connectivity index (χ0v) is 15.1. The number of halogens is 1. The van der Waals surface area contributed by atoms with Gasteiger partial charge in [0, 0.05) is 21.2 Å². The summed E-state index contributed by atoms with van der Waals surface area (Å²) in [6.45, 7) is 1.99. The molecule has 122 valence electrons. The molecular weight excluding hydrogens is 378 g/mol. The second kappa shape index (κ2) is 5.97. The van der Waals surface area contributed by atoms with Crippen molar-refractivity contribution in [2.24, 2.45) is 0 Å². The maximum Gasteiger partial charge on any atom is 0.196 e. The highest BCUT2D eigenvalue weighted by Crippen LogP contribution is 2.35. The molecule has 0 atom stereocenters. The highest BCUT2D eigenvalue weighted by molar-refractivity contribution is 9.10. The van der Waals surface area contributed by atoms with Crippen LogP contribution in [0.5, 0.6) is 0 Å². The SMILES string of the molecule is Cc1cccc(Br)c1Nc1cccc2c1C(=O)c1ccccc1C2=O. The normalized spacial score (nSPS) is 12.6. The minimum atomic E-state index is -0.127. The highest BCUT2D eigenvalue weighted by Gasteiger charge is 2.31. The molecule has 1 aliphatic carbocycles. The van der Waals surface area contributed by atoms with Crippen molar-refractivity contribution in [2.45, 2.75) is 6.92 Å². The molecule has 0 aliphatic heterocycles. The number of anilines is 2. The number of rotatable bonds is 2. The third kappa shape index (κ3) is 2.50. The Balaban J connectivity index is 1.88. The predicted octanol–water partition coefficient (Wildman–Crippen LogP) is 5.28. The van der Waals surface area contributed by atoms with Crippen molar-refractivity contribution in [1.82, 2.24) is 0 Å². The van der Waals surface area contributed by atoms with E-state index < -0.39 is 0 Å². The van der Waals surface area contributed by atoms with Crippen LogP contribution in [0.2, 0.25) is 0 Å². The third-order valence-corrected chi connectivity index (χ3v) is 5.09. The van der Waals surface area contributed by atoms with E-state index in [0.29, 0.717) is 27.9 Å². The van der Waals surface area contributed by atoms with E-state index >= 15 is 0 Å². The van der Waals surface area contributed by atoms with Crippen LogP contribution in [-0.2, 0) is 0 Å². The van der Waals surface area contributed by atoms with Crippen LogP contribution in [0.15, 0.2) is 65.1 Å². The number of nitrogens with one attached hydrogen (secondary N) is 1. The molecule has 4 rings (SSSR count). The fraction of sp³-hybridized carbons (Fsp3) is 0.0476. The van der Waals surface area contributed by atoms with E-state index in [1.165, 1.54) is 0 Å². The van der Waals surface area contributed by atoms with Crippen molar-refractivity contribution in [1.29, 1.82) is 0 Å². The standard InChI is InChI=1S/C21H14BrNO2/c1-12-6-4-10-16(22)19(12)23-17-11-5-9-15-18(17)21(25)14-8-3-2-7-13(14)20(15)24/h2-11,23H,1H3. The van der Waals surface area contributed by atoms with Gasteiger partial charge in [-0.2, -0.15) is 0 Å². The minimum absolute atomic E-state index is 0.113. The van der Waals surface area contributed by atoms with Gasteiger partial charge in [-0.05, 0) is 40.5 Å². The molecule has 0 saturated heterocycles. The van der Waals surface area contributed by atoms with E-state index in [9.17, 15) is 9.59 Å². The Morgan fingerprint density at radius 2 is 1.40 bits per heavy atom. The second-order valence-corrected chi connectivity index (χ2v) is 6.84. The molecule has 1 aliphatic rings. The number of benzene rings is 3. The van der Waals surface area contributed by atoms with Crippen LogP contribution in [0.1, 0.15) is 37.4 Å². The van der Waals surface area contributed by atoms with Gasteiger partial charge in [0.05, 0.1) is 16.9 Å². The highest BCUT2D eigenvalue weighted by atomic mass is 79.9. The summed E-state index contributed by atoms with van der Waals surface area (Å²) in [5.41, 5.74) is 4.37. The van der Waals surface area contributed by atoms with E-state index in [1.54, 1.807) is 36.4 Å². The Hall–Kier alpha value is -2.72. The van der Waals surface area contributed by atoms with Gasteiger partial charge >= 0.3 is 0 Å². The first-order chi connectivity index (χ1) is 12.1. The summed E-state index contributed by atoms with van der Waals surface area (Å²) in [5, 5.41) is 3.33. The van der Waals surface area contributed by atoms with Gasteiger partial charge in [-0.3, -0.25) is 9.59 Å². The Morgan fingerprint density at radius 1 is 0.760 bits per heavy atom. The van der Waals surface area contributed by atoms with E-state index in [1.807, 2.05) is 31.2 Å². The first-order valence-electron chi connectivity index (χ1n) is 7.91. The number of ketones is 2. The molecule has 4 heteroatoms. The molecule has 0 unspecified atom stereocenters. The summed E-state index contributed by atoms with van der Waals surface area (Å²) in [6, 6.07) is 18.2. The van der Waals surface area contributed by atoms with E-state index in [4.69, 9.17) is 0 Å². The summed E-state index contributed by atoms with van der Waals surface area (Å²) in [7, 11) is 0. The quantitative estimate of drug-likeness (QED) is 0.505. The van der Waals surface area contributed by atoms with Crippen LogP contribution in [0.4, 0.5) is 11.4 Å². The third-order valence-electron chi connectivity index (χ3n) is 4.43. The summed E-state index contributed by atoms with van der Waals surface area (Å²) in [4.78, 5) is 25.8. The molecule has 0 amide bonds. The minimum Gasteiger partial charge on any atom is -0.354 e. The Bertz CT molecular complexity index is 1020. The molecule has 0 saturated carbocycles. The Morgan fingerprint density at radius 3 is 2.12 bits per heavy atom. The molecule has 0 radical (unpaired) electrons. The van der Waals surface area contributed by atoms with Crippen molar-refractivity contribution in [3.8, 4) is 0 Å². The molecule has 3 nitrogen and oxygen atoms in total. The number of aryl methyl sites for hydroxylation is 1. The van der Waals surface area contributed by atoms with Gasteiger partial charge in [-0.25, -0.2) is 0 Å². The fourth-order valence-corrected chi connectivity index (χ4v) is 3.74. The summed E-state index contributed by atoms with van der Waals surface area (Å²) < 4.78 is 0.903. The van der Waals surface area contributed by atoms with Gasteiger partial charge in [-0.15, -0.1) is 0 Å². The average Bonchev–Trinajstić information content (AvgIpc) is 2.63. The first-order valence-corrected chi connectivity index (χ1v) is 8.71. The number of hydrogen-bond donors (Lipinski definition) is 1. The van der Waals surface area contributed by atoms with Crippen LogP contribution in [0.25, 0.3) is 0 Å². The number of fused-ring (bicyclic) bond motifs is 2. The van der Waals surface area contributed by atoms with Crippen LogP contribution in [-0.4, -0.2) is 11.6 Å². The molecule has 0 spiro atoms. The van der Waals surface area contributed by atoms with E-state index in [2.05, 4.69) is 21.2 Å². The molecule has 0 heterocycles. The monoisotopic (exact) mass is 391 g/mol. The topological polar surface area (TPSA) is 46.2 Å². The average molecular weight is 392 g/mol. The van der Waals surface area contributed by atoms with Crippen molar-refractivity contribution in [2.75, 3.05) is 5.32 Å². The van der Waals surface area contributed by atoms with Gasteiger partial charge in [0.15, 0.2) is 11.6 Å². The van der Waals surface area contributed by atoms with Gasteiger partial charge in [0.1, 0.15) is 0 Å². The number of carbonyl (C=O) groups is 2. The molecule has 1 N–H and O–H groups in total. The lowest BCUT2D eigenvalue weighted by atomic mass is 9.83. The van der Waals surface area contributed by atoms with Crippen LogP contribution in [0, 0.1) is 6.92 Å². The molecule has 0 bridgehead atoms. The van der Waals surface area contributed by atoms with Crippen LogP contribution < -0.4 is 5.32 Å². The van der Waals surface area contributed by atoms with E-state index in [0.717, 1.165) is 15.7 Å². The Kier molecular flexibility index (Phi) is 3.77. The van der Waals surface area contributed by atoms with Gasteiger partial charge < -0.3 is 5.32 Å². The van der Waals surface area contributed by atoms with Crippen LogP contribution in [0.3, 0.4) is 0 Å². The Labute approximate surface area is 153 Å². The smallest absolute Gasteiger partial charge is 0.196 e. The maximum absolute atomic E-state index is 13.0. The summed E-state index contributed by atoms with van der Waals surface area (Å²) in [6.07, 6.45) is 0. The molecule has 0 fully saturated rings. The molecule has 0 aromatic heterocycles. The van der Waals surface area contributed by atoms with Crippen molar-refractivity contribution in [3.63, 3.8) is 0 Å². The number of para-hydroxylation sites is 1. The summed E-state index contributed by atoms with van der Waals surface area (Å²) >= 11 is 3.54. The van der Waals surface area contributed by atoms with Crippen molar-refractivity contribution < 1.29 is 9.59 Å². The van der Waals surface area contributed by atoms with Gasteiger partial charge in [-0.1, -0.05) is 48.5 Å². The van der Waals surface area contributed by atoms with Gasteiger partial charge in [0.2, 0.25) is 0 Å².